The Morgan fingerprint density at radius 1 is 1.36 bits per heavy atom. The third kappa shape index (κ3) is 4.09. The number of likely N-dealkylation sites (tertiary alicyclic amines) is 1. The Morgan fingerprint density at radius 2 is 1.93 bits per heavy atom. The fourth-order valence-electron chi connectivity index (χ4n) is 2.45. The maximum Gasteiger partial charge on any atom is 0.217 e. The van der Waals surface area contributed by atoms with E-state index >= 15 is 0 Å². The van der Waals surface area contributed by atoms with E-state index in [2.05, 4.69) is 18.7 Å². The molecule has 0 bridgehead atoms. The molecule has 2 N–H and O–H groups in total. The molecule has 0 aromatic rings. The van der Waals surface area contributed by atoms with E-state index in [0.717, 1.165) is 24.8 Å². The average Bonchev–Trinajstić information content (AvgIpc) is 2.01. The Morgan fingerprint density at radius 3 is 2.43 bits per heavy atom. The highest BCUT2D eigenvalue weighted by atomic mass is 16.1. The molecule has 3 heteroatoms. The first-order valence-electron chi connectivity index (χ1n) is 5.58. The Labute approximate surface area is 86.6 Å². The van der Waals surface area contributed by atoms with E-state index in [1.807, 2.05) is 0 Å². The minimum atomic E-state index is -0.178. The van der Waals surface area contributed by atoms with Gasteiger partial charge in [-0.1, -0.05) is 13.8 Å². The first-order valence-corrected chi connectivity index (χ1v) is 5.58. The van der Waals surface area contributed by atoms with Crippen molar-refractivity contribution in [2.45, 2.75) is 33.1 Å². The number of carbonyl (C=O) groups excluding carboxylic acids is 1. The number of carbonyl (C=O) groups is 1. The lowest BCUT2D eigenvalue weighted by atomic mass is 9.92. The summed E-state index contributed by atoms with van der Waals surface area (Å²) in [6.45, 7) is 8.00. The highest BCUT2D eigenvalue weighted by molar-refractivity contribution is 5.73. The number of hydrogen-bond acceptors (Lipinski definition) is 2. The first-order chi connectivity index (χ1) is 6.58. The second-order valence-electron chi connectivity index (χ2n) is 4.78. The lowest BCUT2D eigenvalue weighted by Gasteiger charge is -2.34. The number of nitrogens with two attached hydrogens (primary N) is 1. The zero-order valence-corrected chi connectivity index (χ0v) is 9.33. The normalized spacial score (nSPS) is 29.0. The topological polar surface area (TPSA) is 46.3 Å². The molecule has 1 heterocycles. The van der Waals surface area contributed by atoms with E-state index in [9.17, 15) is 4.79 Å². The second kappa shape index (κ2) is 5.35. The number of nitrogens with zero attached hydrogens (tertiary/aromatic N) is 1. The minimum Gasteiger partial charge on any atom is -0.370 e. The Kier molecular flexibility index (Phi) is 4.39. The molecule has 14 heavy (non-hydrogen) atoms. The summed E-state index contributed by atoms with van der Waals surface area (Å²) in [5.74, 6) is 1.42. The molecule has 1 aliphatic heterocycles. The van der Waals surface area contributed by atoms with Crippen molar-refractivity contribution in [2.24, 2.45) is 17.6 Å². The van der Waals surface area contributed by atoms with Crippen molar-refractivity contribution in [3.05, 3.63) is 0 Å². The van der Waals surface area contributed by atoms with Crippen LogP contribution in [0.4, 0.5) is 0 Å². The molecule has 1 saturated heterocycles. The number of piperidine rings is 1. The molecule has 1 amide bonds. The van der Waals surface area contributed by atoms with Gasteiger partial charge in [-0.3, -0.25) is 4.79 Å². The zero-order chi connectivity index (χ0) is 10.6. The highest BCUT2D eigenvalue weighted by Gasteiger charge is 2.20. The van der Waals surface area contributed by atoms with Gasteiger partial charge in [-0.2, -0.15) is 0 Å². The largest absolute Gasteiger partial charge is 0.370 e. The highest BCUT2D eigenvalue weighted by Crippen LogP contribution is 2.20. The van der Waals surface area contributed by atoms with Crippen LogP contribution in [-0.4, -0.2) is 30.4 Å². The summed E-state index contributed by atoms with van der Waals surface area (Å²) in [6, 6.07) is 0. The summed E-state index contributed by atoms with van der Waals surface area (Å²) < 4.78 is 0. The van der Waals surface area contributed by atoms with Crippen molar-refractivity contribution in [3.63, 3.8) is 0 Å². The molecule has 82 valence electrons. The van der Waals surface area contributed by atoms with Gasteiger partial charge in [0.2, 0.25) is 5.91 Å². The lowest BCUT2D eigenvalue weighted by Crippen LogP contribution is -2.39. The number of amides is 1. The Hall–Kier alpha value is -0.570. The SMILES string of the molecule is CC1CC(C)CN(CCCC(N)=O)C1. The monoisotopic (exact) mass is 198 g/mol. The van der Waals surface area contributed by atoms with Gasteiger partial charge in [-0.25, -0.2) is 0 Å². The summed E-state index contributed by atoms with van der Waals surface area (Å²) in [7, 11) is 0. The van der Waals surface area contributed by atoms with Crippen LogP contribution in [-0.2, 0) is 4.79 Å². The maximum absolute atomic E-state index is 10.6. The van der Waals surface area contributed by atoms with Gasteiger partial charge >= 0.3 is 0 Å². The van der Waals surface area contributed by atoms with Crippen LogP contribution in [0.2, 0.25) is 0 Å². The van der Waals surface area contributed by atoms with Gasteiger partial charge in [0, 0.05) is 19.5 Å². The van der Waals surface area contributed by atoms with E-state index in [0.29, 0.717) is 6.42 Å². The molecule has 0 radical (unpaired) electrons. The van der Waals surface area contributed by atoms with Gasteiger partial charge in [-0.15, -0.1) is 0 Å². The average molecular weight is 198 g/mol. The van der Waals surface area contributed by atoms with E-state index in [1.165, 1.54) is 19.5 Å². The molecular formula is C11H22N2O. The molecule has 3 nitrogen and oxygen atoms in total. The Balaban J connectivity index is 2.20. The fraction of sp³-hybridized carbons (Fsp3) is 0.909. The van der Waals surface area contributed by atoms with E-state index in [-0.39, 0.29) is 5.91 Å². The van der Waals surface area contributed by atoms with Crippen LogP contribution in [0.3, 0.4) is 0 Å². The van der Waals surface area contributed by atoms with Gasteiger partial charge in [0.25, 0.3) is 0 Å². The van der Waals surface area contributed by atoms with Crippen LogP contribution in [0.1, 0.15) is 33.1 Å². The number of hydrogen-bond donors (Lipinski definition) is 1. The van der Waals surface area contributed by atoms with Gasteiger partial charge in [0.1, 0.15) is 0 Å². The van der Waals surface area contributed by atoms with Crippen LogP contribution in [0.5, 0.6) is 0 Å². The minimum absolute atomic E-state index is 0.178. The summed E-state index contributed by atoms with van der Waals surface area (Å²) in [4.78, 5) is 13.0. The van der Waals surface area contributed by atoms with E-state index in [1.54, 1.807) is 0 Å². The molecule has 0 spiro atoms. The first kappa shape index (κ1) is 11.5. The van der Waals surface area contributed by atoms with Crippen molar-refractivity contribution in [2.75, 3.05) is 19.6 Å². The van der Waals surface area contributed by atoms with Gasteiger partial charge in [0.05, 0.1) is 0 Å². The summed E-state index contributed by atoms with van der Waals surface area (Å²) >= 11 is 0. The van der Waals surface area contributed by atoms with Crippen LogP contribution in [0.25, 0.3) is 0 Å². The molecule has 1 aliphatic rings. The second-order valence-corrected chi connectivity index (χ2v) is 4.78. The smallest absolute Gasteiger partial charge is 0.217 e. The van der Waals surface area contributed by atoms with Crippen molar-refractivity contribution < 1.29 is 4.79 Å². The predicted molar refractivity (Wildman–Crippen MR) is 57.8 cm³/mol. The summed E-state index contributed by atoms with van der Waals surface area (Å²) in [6.07, 6.45) is 2.78. The third-order valence-corrected chi connectivity index (χ3v) is 2.84. The van der Waals surface area contributed by atoms with Crippen molar-refractivity contribution >= 4 is 5.91 Å². The fourth-order valence-corrected chi connectivity index (χ4v) is 2.45. The number of rotatable bonds is 4. The van der Waals surface area contributed by atoms with E-state index < -0.39 is 0 Å². The van der Waals surface area contributed by atoms with Crippen LogP contribution < -0.4 is 5.73 Å². The molecule has 0 aromatic carbocycles. The third-order valence-electron chi connectivity index (χ3n) is 2.84. The zero-order valence-electron chi connectivity index (χ0n) is 9.33. The molecule has 1 rings (SSSR count). The quantitative estimate of drug-likeness (QED) is 0.738. The number of primary amides is 1. The standard InChI is InChI=1S/C11H22N2O/c1-9-6-10(2)8-13(7-9)5-3-4-11(12)14/h9-10H,3-8H2,1-2H3,(H2,12,14). The van der Waals surface area contributed by atoms with Crippen LogP contribution in [0, 0.1) is 11.8 Å². The molecule has 2 atom stereocenters. The van der Waals surface area contributed by atoms with Crippen molar-refractivity contribution in [1.82, 2.24) is 4.90 Å². The van der Waals surface area contributed by atoms with Gasteiger partial charge < -0.3 is 10.6 Å². The van der Waals surface area contributed by atoms with Crippen LogP contribution in [0.15, 0.2) is 0 Å². The molecule has 0 aromatic heterocycles. The summed E-state index contributed by atoms with van der Waals surface area (Å²) in [5, 5.41) is 0. The summed E-state index contributed by atoms with van der Waals surface area (Å²) in [5.41, 5.74) is 5.11. The molecule has 1 fully saturated rings. The molecular weight excluding hydrogens is 176 g/mol. The van der Waals surface area contributed by atoms with E-state index in [4.69, 9.17) is 5.73 Å². The van der Waals surface area contributed by atoms with Gasteiger partial charge in [0.15, 0.2) is 0 Å². The predicted octanol–water partition coefficient (Wildman–Crippen LogP) is 1.23. The van der Waals surface area contributed by atoms with Crippen molar-refractivity contribution in [1.29, 1.82) is 0 Å². The molecule has 2 unspecified atom stereocenters. The van der Waals surface area contributed by atoms with Crippen LogP contribution >= 0.6 is 0 Å². The maximum atomic E-state index is 10.6. The van der Waals surface area contributed by atoms with Gasteiger partial charge in [-0.05, 0) is 31.2 Å². The lowest BCUT2D eigenvalue weighted by molar-refractivity contribution is -0.118. The molecule has 0 saturated carbocycles. The van der Waals surface area contributed by atoms with Crippen molar-refractivity contribution in [3.8, 4) is 0 Å². The Bertz CT molecular complexity index is 184. The molecule has 0 aliphatic carbocycles.